The normalized spacial score (nSPS) is 18.2. The molecule has 0 bridgehead atoms. The molecule has 0 saturated heterocycles. The van der Waals surface area contributed by atoms with E-state index in [2.05, 4.69) is 33.6 Å². The summed E-state index contributed by atoms with van der Waals surface area (Å²) < 4.78 is 10.1. The molecule has 178 valence electrons. The van der Waals surface area contributed by atoms with Gasteiger partial charge in [0.15, 0.2) is 5.65 Å². The van der Waals surface area contributed by atoms with Crippen molar-refractivity contribution in [1.29, 1.82) is 0 Å². The summed E-state index contributed by atoms with van der Waals surface area (Å²) in [5.74, 6) is 6.84. The maximum absolute atomic E-state index is 5.48. The highest BCUT2D eigenvalue weighted by Crippen LogP contribution is 2.30. The van der Waals surface area contributed by atoms with Gasteiger partial charge in [-0.05, 0) is 42.9 Å². The Balaban J connectivity index is 1.28. The van der Waals surface area contributed by atoms with Crippen molar-refractivity contribution in [2.24, 2.45) is 18.8 Å². The van der Waals surface area contributed by atoms with E-state index in [0.29, 0.717) is 18.6 Å². The first-order valence-corrected chi connectivity index (χ1v) is 11.9. The Kier molecular flexibility index (Phi) is 6.79. The summed E-state index contributed by atoms with van der Waals surface area (Å²) in [4.78, 5) is 9.79. The second kappa shape index (κ2) is 10.1. The predicted octanol–water partition coefficient (Wildman–Crippen LogP) is 3.69. The van der Waals surface area contributed by atoms with Gasteiger partial charge in [0.05, 0.1) is 18.5 Å². The van der Waals surface area contributed by atoms with Crippen molar-refractivity contribution in [3.05, 3.63) is 55.0 Å². The van der Waals surface area contributed by atoms with Crippen LogP contribution in [0.25, 0.3) is 28.0 Å². The zero-order valence-electron chi connectivity index (χ0n) is 19.2. The number of hydrogen-bond donors (Lipinski definition) is 2. The molecule has 3 heterocycles. The number of benzene rings is 1. The molecule has 0 spiro atoms. The van der Waals surface area contributed by atoms with Crippen LogP contribution >= 0.6 is 12.2 Å². The van der Waals surface area contributed by atoms with Gasteiger partial charge in [-0.25, -0.2) is 9.87 Å². The molecule has 10 nitrogen and oxygen atoms in total. The third-order valence-electron chi connectivity index (χ3n) is 5.95. The monoisotopic (exact) mass is 480 g/mol. The lowest BCUT2D eigenvalue weighted by molar-refractivity contribution is -0.203. The number of nitrogens with one attached hydrogen (secondary N) is 1. The average Bonchev–Trinajstić information content (AvgIpc) is 3.57. The van der Waals surface area contributed by atoms with Crippen molar-refractivity contribution in [2.75, 3.05) is 19.0 Å². The molecule has 34 heavy (non-hydrogen) atoms. The molecule has 11 heteroatoms. The van der Waals surface area contributed by atoms with Crippen LogP contribution in [0.15, 0.2) is 55.0 Å². The maximum atomic E-state index is 5.48. The summed E-state index contributed by atoms with van der Waals surface area (Å²) in [6.45, 7) is 0.546. The third kappa shape index (κ3) is 5.24. The van der Waals surface area contributed by atoms with Crippen molar-refractivity contribution in [3.8, 4) is 22.4 Å². The largest absolute Gasteiger partial charge is 0.367 e. The van der Waals surface area contributed by atoms with Crippen LogP contribution in [0.2, 0.25) is 0 Å². The van der Waals surface area contributed by atoms with Gasteiger partial charge in [0.2, 0.25) is 0 Å². The molecule has 3 aromatic heterocycles. The van der Waals surface area contributed by atoms with E-state index in [9.17, 15) is 0 Å². The second-order valence-electron chi connectivity index (χ2n) is 8.61. The molecular formula is C23H28N8O2S. The quantitative estimate of drug-likeness (QED) is 0.0926. The van der Waals surface area contributed by atoms with Crippen molar-refractivity contribution in [3.63, 3.8) is 0 Å². The summed E-state index contributed by atoms with van der Waals surface area (Å²) in [6.07, 6.45) is 8.82. The summed E-state index contributed by atoms with van der Waals surface area (Å²) in [5.41, 5.74) is 4.91. The molecule has 1 fully saturated rings. The zero-order chi connectivity index (χ0) is 23.5. The molecule has 1 aromatic carbocycles. The van der Waals surface area contributed by atoms with Crippen LogP contribution in [-0.4, -0.2) is 48.5 Å². The molecule has 2 atom stereocenters. The van der Waals surface area contributed by atoms with E-state index >= 15 is 0 Å². The van der Waals surface area contributed by atoms with Crippen LogP contribution in [-0.2, 0) is 16.3 Å². The van der Waals surface area contributed by atoms with Crippen LogP contribution in [0.1, 0.15) is 19.3 Å². The number of aryl methyl sites for hydroxylation is 1. The van der Waals surface area contributed by atoms with Crippen molar-refractivity contribution < 1.29 is 9.22 Å². The zero-order valence-corrected chi connectivity index (χ0v) is 20.0. The standard InChI is InChI=1S/C23H28N8O2S/c1-29-14-19(13-26-29)17-4-3-5-18(11-17)21-12-23-25-9-8-22(31(23)28-21)27-20-7-6-16(10-20)15-32-33-34-30(2)24/h3-5,8-9,11-14,16,20,27H,6-7,10,15,24H2,1-2H3. The summed E-state index contributed by atoms with van der Waals surface area (Å²) in [7, 11) is 3.61. The Morgan fingerprint density at radius 3 is 2.91 bits per heavy atom. The van der Waals surface area contributed by atoms with Gasteiger partial charge in [0, 0.05) is 49.7 Å². The first kappa shape index (κ1) is 22.8. The fourth-order valence-electron chi connectivity index (χ4n) is 4.33. The fourth-order valence-corrected chi connectivity index (χ4v) is 4.53. The highest BCUT2D eigenvalue weighted by Gasteiger charge is 2.26. The maximum Gasteiger partial charge on any atom is 0.157 e. The van der Waals surface area contributed by atoms with Gasteiger partial charge < -0.3 is 5.32 Å². The summed E-state index contributed by atoms with van der Waals surface area (Å²) >= 11 is 0.971. The molecule has 0 amide bonds. The van der Waals surface area contributed by atoms with E-state index in [1.54, 1.807) is 11.7 Å². The predicted molar refractivity (Wildman–Crippen MR) is 132 cm³/mol. The van der Waals surface area contributed by atoms with E-state index in [0.717, 1.165) is 65.3 Å². The lowest BCUT2D eigenvalue weighted by Crippen LogP contribution is -2.19. The third-order valence-corrected chi connectivity index (χ3v) is 6.34. The molecular weight excluding hydrogens is 452 g/mol. The Labute approximate surface area is 202 Å². The fraction of sp³-hybridized carbons (Fsp3) is 0.348. The number of hydrogen-bond acceptors (Lipinski definition) is 9. The SMILES string of the molecule is CN(N)SOOCC1CCC(Nc2ccnc3cc(-c4cccc(-c5cnn(C)c5)c4)nn23)C1. The number of nitrogens with two attached hydrogens (primary N) is 1. The topological polar surface area (TPSA) is 108 Å². The minimum atomic E-state index is 0.339. The number of fused-ring (bicyclic) bond motifs is 1. The Morgan fingerprint density at radius 2 is 2.09 bits per heavy atom. The van der Waals surface area contributed by atoms with Gasteiger partial charge in [-0.1, -0.05) is 18.2 Å². The Bertz CT molecular complexity index is 1260. The van der Waals surface area contributed by atoms with Crippen LogP contribution in [0, 0.1) is 5.92 Å². The Morgan fingerprint density at radius 1 is 1.21 bits per heavy atom. The van der Waals surface area contributed by atoms with E-state index < -0.39 is 0 Å². The lowest BCUT2D eigenvalue weighted by Gasteiger charge is -2.15. The molecule has 1 aliphatic rings. The van der Waals surface area contributed by atoms with E-state index in [1.165, 1.54) is 4.41 Å². The van der Waals surface area contributed by atoms with Gasteiger partial charge >= 0.3 is 0 Å². The molecule has 0 aliphatic heterocycles. The van der Waals surface area contributed by atoms with Crippen molar-refractivity contribution in [1.82, 2.24) is 28.8 Å². The number of anilines is 1. The molecule has 0 radical (unpaired) electrons. The van der Waals surface area contributed by atoms with Crippen LogP contribution < -0.4 is 11.2 Å². The lowest BCUT2D eigenvalue weighted by atomic mass is 10.0. The molecule has 3 N–H and O–H groups in total. The minimum absolute atomic E-state index is 0.339. The molecule has 2 unspecified atom stereocenters. The second-order valence-corrected chi connectivity index (χ2v) is 9.47. The van der Waals surface area contributed by atoms with Crippen LogP contribution in [0.5, 0.6) is 0 Å². The van der Waals surface area contributed by atoms with E-state index in [4.69, 9.17) is 20.2 Å². The van der Waals surface area contributed by atoms with Crippen LogP contribution in [0.3, 0.4) is 0 Å². The smallest absolute Gasteiger partial charge is 0.157 e. The van der Waals surface area contributed by atoms with E-state index in [-0.39, 0.29) is 0 Å². The Hall–Kier alpha value is -2.96. The first-order valence-electron chi connectivity index (χ1n) is 11.2. The number of hydrazine groups is 1. The van der Waals surface area contributed by atoms with Gasteiger partial charge in [-0.3, -0.25) is 10.5 Å². The molecule has 5 rings (SSSR count). The van der Waals surface area contributed by atoms with E-state index in [1.807, 2.05) is 48.4 Å². The highest BCUT2D eigenvalue weighted by molar-refractivity contribution is 7.92. The number of rotatable bonds is 9. The van der Waals surface area contributed by atoms with Crippen molar-refractivity contribution >= 4 is 23.7 Å². The summed E-state index contributed by atoms with van der Waals surface area (Å²) in [5, 5.41) is 12.8. The van der Waals surface area contributed by atoms with Crippen molar-refractivity contribution in [2.45, 2.75) is 25.3 Å². The van der Waals surface area contributed by atoms with Gasteiger partial charge in [0.1, 0.15) is 18.0 Å². The highest BCUT2D eigenvalue weighted by atomic mass is 32.2. The summed E-state index contributed by atoms with van der Waals surface area (Å²) in [6, 6.07) is 12.7. The van der Waals surface area contributed by atoms with Gasteiger partial charge in [0.25, 0.3) is 0 Å². The number of nitrogens with zero attached hydrogens (tertiary/aromatic N) is 6. The first-order chi connectivity index (χ1) is 16.5. The number of aromatic nitrogens is 5. The van der Waals surface area contributed by atoms with Gasteiger partial charge in [-0.2, -0.15) is 19.1 Å². The molecule has 1 aliphatic carbocycles. The minimum Gasteiger partial charge on any atom is -0.367 e. The average molecular weight is 481 g/mol. The molecule has 1 saturated carbocycles. The van der Waals surface area contributed by atoms with Crippen LogP contribution in [0.4, 0.5) is 5.82 Å². The molecule has 4 aromatic rings. The van der Waals surface area contributed by atoms with Gasteiger partial charge in [-0.15, -0.1) is 4.33 Å².